The topological polar surface area (TPSA) is 55.5 Å². The van der Waals surface area contributed by atoms with E-state index in [-0.39, 0.29) is 5.56 Å². The Morgan fingerprint density at radius 1 is 1.11 bits per heavy atom. The van der Waals surface area contributed by atoms with Crippen LogP contribution in [0.15, 0.2) is 47.5 Å². The van der Waals surface area contributed by atoms with Gasteiger partial charge in [0.2, 0.25) is 5.91 Å². The summed E-state index contributed by atoms with van der Waals surface area (Å²) >= 11 is 0. The van der Waals surface area contributed by atoms with Gasteiger partial charge in [0.15, 0.2) is 0 Å². The van der Waals surface area contributed by atoms with Gasteiger partial charge in [-0.2, -0.15) is 13.2 Å². The predicted octanol–water partition coefficient (Wildman–Crippen LogP) is 4.70. The minimum atomic E-state index is -4.80. The van der Waals surface area contributed by atoms with Crippen LogP contribution >= 0.6 is 0 Å². The minimum absolute atomic E-state index is 0.245. The summed E-state index contributed by atoms with van der Waals surface area (Å²) in [6.07, 6.45) is -3.25. The van der Waals surface area contributed by atoms with Crippen molar-refractivity contribution in [3.05, 3.63) is 70.5 Å². The highest BCUT2D eigenvalue weighted by molar-refractivity contribution is 6.08. The van der Waals surface area contributed by atoms with Crippen molar-refractivity contribution in [2.24, 2.45) is 10.7 Å². The number of benzene rings is 3. The number of primary amides is 1. The van der Waals surface area contributed by atoms with Crippen molar-refractivity contribution in [2.75, 3.05) is 0 Å². The lowest BCUT2D eigenvalue weighted by Crippen LogP contribution is -2.16. The fraction of sp³-hybridized carbons (Fsp3) is 0.100. The number of amides is 1. The SMILES string of the molecule is NC(=O)c1cc(C(F)(F)F)cc(F)c1-c1cc2ccccc2c2c1C=NC2. The molecular formula is C20H12F4N2O. The van der Waals surface area contributed by atoms with Gasteiger partial charge >= 0.3 is 6.18 Å². The van der Waals surface area contributed by atoms with Gasteiger partial charge in [-0.05, 0) is 40.1 Å². The highest BCUT2D eigenvalue weighted by Crippen LogP contribution is 2.40. The van der Waals surface area contributed by atoms with Crippen LogP contribution < -0.4 is 5.73 Å². The molecule has 0 unspecified atom stereocenters. The predicted molar refractivity (Wildman–Crippen MR) is 94.2 cm³/mol. The molecule has 7 heteroatoms. The Morgan fingerprint density at radius 2 is 1.85 bits per heavy atom. The third-order valence-corrected chi connectivity index (χ3v) is 4.62. The maximum absolute atomic E-state index is 14.8. The number of halogens is 4. The first-order chi connectivity index (χ1) is 12.8. The van der Waals surface area contributed by atoms with Gasteiger partial charge in [-0.25, -0.2) is 4.39 Å². The molecule has 0 radical (unpaired) electrons. The lowest BCUT2D eigenvalue weighted by Gasteiger charge is -2.16. The van der Waals surface area contributed by atoms with E-state index in [4.69, 9.17) is 5.73 Å². The van der Waals surface area contributed by atoms with Gasteiger partial charge in [-0.3, -0.25) is 9.79 Å². The molecule has 0 bridgehead atoms. The molecule has 136 valence electrons. The summed E-state index contributed by atoms with van der Waals surface area (Å²) < 4.78 is 53.9. The number of hydrogen-bond acceptors (Lipinski definition) is 2. The van der Waals surface area contributed by atoms with Gasteiger partial charge in [0.1, 0.15) is 5.82 Å². The van der Waals surface area contributed by atoms with E-state index in [9.17, 15) is 22.4 Å². The summed E-state index contributed by atoms with van der Waals surface area (Å²) in [5.74, 6) is -2.29. The number of nitrogens with two attached hydrogens (primary N) is 1. The van der Waals surface area contributed by atoms with E-state index >= 15 is 0 Å². The first-order valence-corrected chi connectivity index (χ1v) is 8.02. The fourth-order valence-electron chi connectivity index (χ4n) is 3.43. The number of carbonyl (C=O) groups excluding carboxylic acids is 1. The van der Waals surface area contributed by atoms with Gasteiger partial charge < -0.3 is 5.73 Å². The molecule has 3 aromatic rings. The molecule has 0 aromatic heterocycles. The van der Waals surface area contributed by atoms with E-state index in [1.165, 1.54) is 0 Å². The number of nitrogens with zero attached hydrogens (tertiary/aromatic N) is 1. The molecule has 2 N–H and O–H groups in total. The molecule has 0 saturated heterocycles. The van der Waals surface area contributed by atoms with E-state index < -0.39 is 29.0 Å². The summed E-state index contributed by atoms with van der Waals surface area (Å²) in [5, 5.41) is 1.69. The number of rotatable bonds is 2. The molecule has 0 aliphatic carbocycles. The number of aliphatic imine (C=N–C) groups is 1. The maximum atomic E-state index is 14.8. The van der Waals surface area contributed by atoms with Gasteiger partial charge in [0.25, 0.3) is 0 Å². The standard InChI is InChI=1S/C20H12F4N2O/c21-17-7-11(20(22,23)24)6-14(19(25)27)18(17)13-5-10-3-1-2-4-12(10)15-8-26-9-16(13)15/h1-7,9H,8H2,(H2,25,27). The van der Waals surface area contributed by atoms with Crippen LogP contribution in [-0.4, -0.2) is 12.1 Å². The van der Waals surface area contributed by atoms with Gasteiger partial charge in [-0.1, -0.05) is 24.3 Å². The molecule has 0 fully saturated rings. The van der Waals surface area contributed by atoms with Crippen LogP contribution in [0.2, 0.25) is 0 Å². The summed E-state index contributed by atoms with van der Waals surface area (Å²) in [5.41, 5.74) is 4.97. The summed E-state index contributed by atoms with van der Waals surface area (Å²) in [7, 11) is 0. The normalized spacial score (nSPS) is 13.2. The van der Waals surface area contributed by atoms with Crippen molar-refractivity contribution in [1.82, 2.24) is 0 Å². The average molecular weight is 372 g/mol. The minimum Gasteiger partial charge on any atom is -0.366 e. The number of alkyl halides is 3. The van der Waals surface area contributed by atoms with Gasteiger partial charge in [-0.15, -0.1) is 0 Å². The van der Waals surface area contributed by atoms with Crippen LogP contribution in [0.4, 0.5) is 17.6 Å². The molecule has 3 nitrogen and oxygen atoms in total. The van der Waals surface area contributed by atoms with E-state index in [0.29, 0.717) is 29.8 Å². The van der Waals surface area contributed by atoms with Crippen molar-refractivity contribution in [1.29, 1.82) is 0 Å². The van der Waals surface area contributed by atoms with Gasteiger partial charge in [0.05, 0.1) is 17.7 Å². The molecule has 1 aliphatic heterocycles. The smallest absolute Gasteiger partial charge is 0.366 e. The van der Waals surface area contributed by atoms with Crippen molar-refractivity contribution in [3.8, 4) is 11.1 Å². The largest absolute Gasteiger partial charge is 0.416 e. The zero-order valence-electron chi connectivity index (χ0n) is 13.8. The summed E-state index contributed by atoms with van der Waals surface area (Å²) in [6, 6.07) is 9.97. The zero-order chi connectivity index (χ0) is 19.3. The van der Waals surface area contributed by atoms with Crippen molar-refractivity contribution in [3.63, 3.8) is 0 Å². The van der Waals surface area contributed by atoms with Crippen molar-refractivity contribution >= 4 is 22.9 Å². The second-order valence-corrected chi connectivity index (χ2v) is 6.25. The first-order valence-electron chi connectivity index (χ1n) is 8.02. The molecule has 1 heterocycles. The van der Waals surface area contributed by atoms with E-state index in [1.807, 2.05) is 18.2 Å². The molecule has 1 aliphatic rings. The Morgan fingerprint density at radius 3 is 2.56 bits per heavy atom. The highest BCUT2D eigenvalue weighted by atomic mass is 19.4. The molecule has 27 heavy (non-hydrogen) atoms. The fourth-order valence-corrected chi connectivity index (χ4v) is 3.43. The number of carbonyl (C=O) groups is 1. The van der Waals surface area contributed by atoms with Crippen LogP contribution in [-0.2, 0) is 12.7 Å². The van der Waals surface area contributed by atoms with Crippen molar-refractivity contribution in [2.45, 2.75) is 12.7 Å². The summed E-state index contributed by atoms with van der Waals surface area (Å²) in [6.45, 7) is 0.373. The van der Waals surface area contributed by atoms with E-state index in [2.05, 4.69) is 4.99 Å². The molecule has 1 amide bonds. The van der Waals surface area contributed by atoms with E-state index in [1.54, 1.807) is 18.3 Å². The van der Waals surface area contributed by atoms with Gasteiger partial charge in [0, 0.05) is 17.3 Å². The average Bonchev–Trinajstić information content (AvgIpc) is 3.09. The quantitative estimate of drug-likeness (QED) is 0.652. The van der Waals surface area contributed by atoms with Crippen LogP contribution in [0, 0.1) is 5.82 Å². The molecule has 0 atom stereocenters. The second-order valence-electron chi connectivity index (χ2n) is 6.25. The molecular weight excluding hydrogens is 360 g/mol. The van der Waals surface area contributed by atoms with Crippen LogP contribution in [0.5, 0.6) is 0 Å². The Kier molecular flexibility index (Phi) is 3.76. The van der Waals surface area contributed by atoms with Crippen LogP contribution in [0.1, 0.15) is 27.0 Å². The van der Waals surface area contributed by atoms with E-state index in [0.717, 1.165) is 16.3 Å². The maximum Gasteiger partial charge on any atom is 0.416 e. The third-order valence-electron chi connectivity index (χ3n) is 4.62. The molecule has 3 aromatic carbocycles. The first kappa shape index (κ1) is 17.2. The molecule has 0 spiro atoms. The van der Waals surface area contributed by atoms with Crippen molar-refractivity contribution < 1.29 is 22.4 Å². The Hall–Kier alpha value is -3.22. The lowest BCUT2D eigenvalue weighted by molar-refractivity contribution is -0.137. The monoisotopic (exact) mass is 372 g/mol. The highest BCUT2D eigenvalue weighted by Gasteiger charge is 2.34. The Labute approximate surface area is 151 Å². The summed E-state index contributed by atoms with van der Waals surface area (Å²) in [4.78, 5) is 16.0. The number of hydrogen-bond donors (Lipinski definition) is 1. The Bertz CT molecular complexity index is 1130. The molecule has 0 saturated carbocycles. The van der Waals surface area contributed by atoms with Crippen LogP contribution in [0.25, 0.3) is 21.9 Å². The third kappa shape index (κ3) is 2.75. The number of fused-ring (bicyclic) bond motifs is 3. The zero-order valence-corrected chi connectivity index (χ0v) is 13.8. The Balaban J connectivity index is 2.08. The second kappa shape index (κ2) is 5.90. The lowest BCUT2D eigenvalue weighted by atomic mass is 9.88. The molecule has 4 rings (SSSR count). The van der Waals surface area contributed by atoms with Crippen LogP contribution in [0.3, 0.4) is 0 Å².